The number of hydrogen-bond donors (Lipinski definition) is 1. The van der Waals surface area contributed by atoms with Crippen LogP contribution in [0.1, 0.15) is 43.0 Å². The van der Waals surface area contributed by atoms with E-state index in [-0.39, 0.29) is 10.9 Å². The van der Waals surface area contributed by atoms with Gasteiger partial charge in [0.15, 0.2) is 0 Å². The van der Waals surface area contributed by atoms with Gasteiger partial charge in [-0.25, -0.2) is 8.42 Å². The van der Waals surface area contributed by atoms with Crippen LogP contribution in [-0.4, -0.2) is 33.6 Å². The van der Waals surface area contributed by atoms with Crippen LogP contribution in [0.3, 0.4) is 0 Å². The summed E-state index contributed by atoms with van der Waals surface area (Å²) in [6.07, 6.45) is 0.550. The zero-order chi connectivity index (χ0) is 26.1. The highest BCUT2D eigenvalue weighted by Crippen LogP contribution is 2.40. The fraction of sp³-hybridized carbons (Fsp3) is 0.321. The minimum atomic E-state index is -4.06. The maximum absolute atomic E-state index is 13.7. The fourth-order valence-corrected chi connectivity index (χ4v) is 5.92. The van der Waals surface area contributed by atoms with Crippen molar-refractivity contribution >= 4 is 21.6 Å². The molecule has 36 heavy (non-hydrogen) atoms. The standard InChI is InChI=1S/C28H32N2O5S/c1-19-12-14-25(34-5)24(15-19)30(36(32,33)21-9-7-6-8-10-21)18-27(31)29-23-17-28(3,4)35-26-16-20(2)11-13-22(23)26/h6-16,23H,17-18H2,1-5H3,(H,29,31). The van der Waals surface area contributed by atoms with Crippen LogP contribution in [0.4, 0.5) is 5.69 Å². The third kappa shape index (κ3) is 5.33. The fourth-order valence-electron chi connectivity index (χ4n) is 4.47. The summed E-state index contributed by atoms with van der Waals surface area (Å²) in [6, 6.07) is 18.9. The van der Waals surface area contributed by atoms with E-state index in [4.69, 9.17) is 9.47 Å². The van der Waals surface area contributed by atoms with Crippen LogP contribution in [0.25, 0.3) is 0 Å². The lowest BCUT2D eigenvalue weighted by molar-refractivity contribution is -0.120. The molecule has 0 fully saturated rings. The molecule has 0 spiro atoms. The highest BCUT2D eigenvalue weighted by atomic mass is 32.2. The van der Waals surface area contributed by atoms with Crippen LogP contribution in [0.2, 0.25) is 0 Å². The highest BCUT2D eigenvalue weighted by molar-refractivity contribution is 7.92. The molecule has 1 amide bonds. The third-order valence-electron chi connectivity index (χ3n) is 6.18. The molecule has 1 heterocycles. The monoisotopic (exact) mass is 508 g/mol. The Morgan fingerprint density at radius 1 is 1.06 bits per heavy atom. The Hall–Kier alpha value is -3.52. The van der Waals surface area contributed by atoms with E-state index in [1.54, 1.807) is 30.3 Å². The predicted molar refractivity (Wildman–Crippen MR) is 140 cm³/mol. The molecule has 3 aromatic carbocycles. The molecule has 3 aromatic rings. The molecule has 0 radical (unpaired) electrons. The zero-order valence-corrected chi connectivity index (χ0v) is 22.1. The van der Waals surface area contributed by atoms with Gasteiger partial charge in [0.25, 0.3) is 10.0 Å². The minimum Gasteiger partial charge on any atom is -0.495 e. The van der Waals surface area contributed by atoms with Crippen molar-refractivity contribution in [3.8, 4) is 11.5 Å². The second kappa shape index (κ2) is 9.85. The molecule has 7 nitrogen and oxygen atoms in total. The predicted octanol–water partition coefficient (Wildman–Crippen LogP) is 4.93. The highest BCUT2D eigenvalue weighted by Gasteiger charge is 2.36. The summed E-state index contributed by atoms with van der Waals surface area (Å²) in [5, 5.41) is 3.06. The largest absolute Gasteiger partial charge is 0.495 e. The van der Waals surface area contributed by atoms with Gasteiger partial charge >= 0.3 is 0 Å². The van der Waals surface area contributed by atoms with Crippen molar-refractivity contribution in [2.45, 2.75) is 50.7 Å². The number of anilines is 1. The Morgan fingerprint density at radius 3 is 2.42 bits per heavy atom. The molecule has 1 aliphatic rings. The van der Waals surface area contributed by atoms with Gasteiger partial charge in [0, 0.05) is 12.0 Å². The molecule has 0 saturated carbocycles. The van der Waals surface area contributed by atoms with E-state index in [0.717, 1.165) is 26.7 Å². The molecule has 1 N–H and O–H groups in total. The number of amides is 1. The summed E-state index contributed by atoms with van der Waals surface area (Å²) in [7, 11) is -2.58. The molecule has 0 saturated heterocycles. The van der Waals surface area contributed by atoms with Crippen molar-refractivity contribution in [2.24, 2.45) is 0 Å². The third-order valence-corrected chi connectivity index (χ3v) is 7.96. The summed E-state index contributed by atoms with van der Waals surface area (Å²) in [5.74, 6) is 0.666. The summed E-state index contributed by atoms with van der Waals surface area (Å²) in [4.78, 5) is 13.5. The Bertz CT molecular complexity index is 1370. The number of nitrogens with zero attached hydrogens (tertiary/aromatic N) is 1. The van der Waals surface area contributed by atoms with Crippen LogP contribution in [0, 0.1) is 13.8 Å². The molecule has 4 rings (SSSR count). The number of rotatable bonds is 7. The first-order valence-corrected chi connectivity index (χ1v) is 13.3. The Balaban J connectivity index is 1.70. The van der Waals surface area contributed by atoms with Gasteiger partial charge in [-0.15, -0.1) is 0 Å². The lowest BCUT2D eigenvalue weighted by Crippen LogP contribution is -2.45. The quantitative estimate of drug-likeness (QED) is 0.489. The summed E-state index contributed by atoms with van der Waals surface area (Å²) >= 11 is 0. The SMILES string of the molecule is COc1ccc(C)cc1N(CC(=O)NC1CC(C)(C)Oc2cc(C)ccc21)S(=O)(=O)c1ccccc1. The van der Waals surface area contributed by atoms with Crippen molar-refractivity contribution in [3.05, 3.63) is 83.4 Å². The number of aryl methyl sites for hydroxylation is 2. The number of carbonyl (C=O) groups is 1. The second-order valence-corrected chi connectivity index (χ2v) is 11.6. The summed E-state index contributed by atoms with van der Waals surface area (Å²) < 4.78 is 40.2. The Kier molecular flexibility index (Phi) is 7.00. The zero-order valence-electron chi connectivity index (χ0n) is 21.2. The molecule has 0 aliphatic carbocycles. The molecule has 0 aromatic heterocycles. The van der Waals surface area contributed by atoms with Crippen molar-refractivity contribution in [3.63, 3.8) is 0 Å². The number of methoxy groups -OCH3 is 1. The van der Waals surface area contributed by atoms with E-state index < -0.39 is 28.1 Å². The molecular weight excluding hydrogens is 476 g/mol. The van der Waals surface area contributed by atoms with Gasteiger partial charge in [-0.1, -0.05) is 36.4 Å². The van der Waals surface area contributed by atoms with Crippen molar-refractivity contribution in [1.29, 1.82) is 0 Å². The lowest BCUT2D eigenvalue weighted by Gasteiger charge is -2.38. The number of hydrogen-bond acceptors (Lipinski definition) is 5. The topological polar surface area (TPSA) is 84.9 Å². The van der Waals surface area contributed by atoms with Crippen molar-refractivity contribution < 1.29 is 22.7 Å². The van der Waals surface area contributed by atoms with Gasteiger partial charge in [0.05, 0.1) is 23.7 Å². The van der Waals surface area contributed by atoms with E-state index in [1.807, 2.05) is 52.0 Å². The van der Waals surface area contributed by atoms with Crippen LogP contribution >= 0.6 is 0 Å². The van der Waals surface area contributed by atoms with Gasteiger partial charge < -0.3 is 14.8 Å². The van der Waals surface area contributed by atoms with Gasteiger partial charge in [-0.3, -0.25) is 9.10 Å². The summed E-state index contributed by atoms with van der Waals surface area (Å²) in [6.45, 7) is 7.39. The minimum absolute atomic E-state index is 0.0920. The van der Waals surface area contributed by atoms with E-state index in [1.165, 1.54) is 19.2 Å². The van der Waals surface area contributed by atoms with Crippen molar-refractivity contribution in [1.82, 2.24) is 5.32 Å². The smallest absolute Gasteiger partial charge is 0.264 e. The van der Waals surface area contributed by atoms with Gasteiger partial charge in [0.2, 0.25) is 5.91 Å². The van der Waals surface area contributed by atoms with Crippen LogP contribution in [0.5, 0.6) is 11.5 Å². The first-order valence-electron chi connectivity index (χ1n) is 11.8. The molecule has 0 bridgehead atoms. The molecule has 1 atom stereocenters. The van der Waals surface area contributed by atoms with E-state index in [0.29, 0.717) is 17.9 Å². The van der Waals surface area contributed by atoms with E-state index in [9.17, 15) is 13.2 Å². The number of benzene rings is 3. The number of carbonyl (C=O) groups excluding carboxylic acids is 1. The van der Waals surface area contributed by atoms with Crippen LogP contribution < -0.4 is 19.1 Å². The van der Waals surface area contributed by atoms with E-state index >= 15 is 0 Å². The normalized spacial score (nSPS) is 16.4. The molecule has 8 heteroatoms. The number of ether oxygens (including phenoxy) is 2. The molecule has 190 valence electrons. The average molecular weight is 509 g/mol. The maximum Gasteiger partial charge on any atom is 0.264 e. The molecular formula is C28H32N2O5S. The molecule has 1 unspecified atom stereocenters. The van der Waals surface area contributed by atoms with Gasteiger partial charge in [-0.2, -0.15) is 0 Å². The summed E-state index contributed by atoms with van der Waals surface area (Å²) in [5.41, 5.74) is 2.59. The molecule has 1 aliphatic heterocycles. The van der Waals surface area contributed by atoms with Crippen molar-refractivity contribution in [2.75, 3.05) is 18.0 Å². The first-order chi connectivity index (χ1) is 17.0. The number of sulfonamides is 1. The van der Waals surface area contributed by atoms with E-state index in [2.05, 4.69) is 5.32 Å². The van der Waals surface area contributed by atoms with Gasteiger partial charge in [0.1, 0.15) is 23.6 Å². The average Bonchev–Trinajstić information content (AvgIpc) is 2.82. The Labute approximate surface area is 213 Å². The van der Waals surface area contributed by atoms with Crippen LogP contribution in [-0.2, 0) is 14.8 Å². The lowest BCUT2D eigenvalue weighted by atomic mass is 9.89. The Morgan fingerprint density at radius 2 is 1.72 bits per heavy atom. The van der Waals surface area contributed by atoms with Crippen LogP contribution in [0.15, 0.2) is 71.6 Å². The number of fused-ring (bicyclic) bond motifs is 1. The second-order valence-electron chi connectivity index (χ2n) is 9.73. The number of nitrogens with one attached hydrogen (secondary N) is 1. The first kappa shape index (κ1) is 25.6. The maximum atomic E-state index is 13.7. The van der Waals surface area contributed by atoms with Gasteiger partial charge in [-0.05, 0) is 69.2 Å².